The summed E-state index contributed by atoms with van der Waals surface area (Å²) < 4.78 is 2.14. The molecular formula is C26H27N3. The van der Waals surface area contributed by atoms with Gasteiger partial charge in [-0.2, -0.15) is 0 Å². The highest BCUT2D eigenvalue weighted by atomic mass is 15.1. The maximum absolute atomic E-state index is 4.72. The minimum Gasteiger partial charge on any atom is -0.307 e. The first kappa shape index (κ1) is 18.1. The summed E-state index contributed by atoms with van der Waals surface area (Å²) in [5.74, 6) is 0. The molecule has 2 aromatic heterocycles. The second-order valence-electron chi connectivity index (χ2n) is 8.12. The zero-order chi connectivity index (χ0) is 19.6. The molecule has 0 bridgehead atoms. The molecule has 0 spiro atoms. The van der Waals surface area contributed by atoms with Gasteiger partial charge >= 0.3 is 0 Å². The van der Waals surface area contributed by atoms with Crippen molar-refractivity contribution < 1.29 is 0 Å². The maximum Gasteiger partial charge on any atom is 0.0994 e. The van der Waals surface area contributed by atoms with Gasteiger partial charge in [0.05, 0.1) is 12.0 Å². The first-order valence-corrected chi connectivity index (χ1v) is 10.6. The third kappa shape index (κ3) is 3.70. The van der Waals surface area contributed by atoms with Crippen LogP contribution in [0.1, 0.15) is 30.5 Å². The predicted octanol–water partition coefficient (Wildman–Crippen LogP) is 5.96. The molecule has 1 fully saturated rings. The van der Waals surface area contributed by atoms with Crippen LogP contribution in [0.5, 0.6) is 0 Å². The van der Waals surface area contributed by atoms with E-state index in [0.717, 1.165) is 6.54 Å². The molecule has 2 aromatic carbocycles. The van der Waals surface area contributed by atoms with E-state index < -0.39 is 0 Å². The summed E-state index contributed by atoms with van der Waals surface area (Å²) in [6, 6.07) is 21.8. The van der Waals surface area contributed by atoms with Crippen molar-refractivity contribution in [3.8, 4) is 22.3 Å². The van der Waals surface area contributed by atoms with E-state index in [1.165, 1.54) is 71.4 Å². The lowest BCUT2D eigenvalue weighted by Gasteiger charge is -2.25. The molecule has 3 heteroatoms. The van der Waals surface area contributed by atoms with Gasteiger partial charge in [-0.05, 0) is 67.2 Å². The molecule has 0 saturated carbocycles. The average Bonchev–Trinajstić information content (AvgIpc) is 3.18. The molecule has 3 heterocycles. The second kappa shape index (κ2) is 7.84. The van der Waals surface area contributed by atoms with Gasteiger partial charge in [-0.1, -0.05) is 55.0 Å². The molecular weight excluding hydrogens is 354 g/mol. The van der Waals surface area contributed by atoms with Gasteiger partial charge in [-0.3, -0.25) is 4.90 Å². The summed E-state index contributed by atoms with van der Waals surface area (Å²) in [6.07, 6.45) is 8.16. The molecule has 146 valence electrons. The Morgan fingerprint density at radius 1 is 0.828 bits per heavy atom. The molecule has 0 amide bonds. The van der Waals surface area contributed by atoms with Crippen molar-refractivity contribution in [2.75, 3.05) is 13.1 Å². The van der Waals surface area contributed by atoms with E-state index >= 15 is 0 Å². The number of rotatable bonds is 4. The van der Waals surface area contributed by atoms with Gasteiger partial charge in [0.15, 0.2) is 0 Å². The van der Waals surface area contributed by atoms with Crippen LogP contribution < -0.4 is 0 Å². The zero-order valence-electron chi connectivity index (χ0n) is 17.0. The van der Waals surface area contributed by atoms with Gasteiger partial charge in [0.2, 0.25) is 0 Å². The lowest BCUT2D eigenvalue weighted by atomic mass is 9.94. The van der Waals surface area contributed by atoms with Crippen LogP contribution >= 0.6 is 0 Å². The van der Waals surface area contributed by atoms with Gasteiger partial charge in [-0.15, -0.1) is 0 Å². The molecule has 29 heavy (non-hydrogen) atoms. The zero-order valence-corrected chi connectivity index (χ0v) is 17.0. The Bertz CT molecular complexity index is 1120. The number of nitrogens with zero attached hydrogens (tertiary/aromatic N) is 3. The average molecular weight is 382 g/mol. The summed E-state index contributed by atoms with van der Waals surface area (Å²) in [4.78, 5) is 7.24. The Kier molecular flexibility index (Phi) is 4.91. The molecule has 4 aromatic rings. The molecule has 0 N–H and O–H groups in total. The first-order valence-electron chi connectivity index (χ1n) is 10.6. The van der Waals surface area contributed by atoms with Crippen LogP contribution in [0.4, 0.5) is 0 Å². The van der Waals surface area contributed by atoms with Crippen LogP contribution in [0.2, 0.25) is 0 Å². The third-order valence-corrected chi connectivity index (χ3v) is 6.11. The van der Waals surface area contributed by atoms with Gasteiger partial charge in [-0.25, -0.2) is 4.98 Å². The number of hydrogen-bond donors (Lipinski definition) is 0. The molecule has 5 rings (SSSR count). The Balaban J connectivity index is 1.48. The normalized spacial score (nSPS) is 15.1. The molecule has 0 atom stereocenters. The Labute approximate surface area is 172 Å². The number of piperidine rings is 1. The van der Waals surface area contributed by atoms with Gasteiger partial charge in [0.1, 0.15) is 0 Å². The minimum absolute atomic E-state index is 0.958. The first-order chi connectivity index (χ1) is 14.3. The summed E-state index contributed by atoms with van der Waals surface area (Å²) >= 11 is 0. The standard InChI is InChI=1S/C26H27N3/c1-20-25(21-9-4-2-5-10-21)11-8-12-26(20)22-15-24-16-23(27-19-29(24)17-22)18-28-13-6-3-7-14-28/h2,4-5,8-12,15-17,19H,3,6-7,13-14,18H2,1H3. The highest BCUT2D eigenvalue weighted by Gasteiger charge is 2.13. The fourth-order valence-electron chi connectivity index (χ4n) is 4.52. The maximum atomic E-state index is 4.72. The Morgan fingerprint density at radius 3 is 2.38 bits per heavy atom. The molecule has 1 saturated heterocycles. The topological polar surface area (TPSA) is 20.5 Å². The molecule has 1 aliphatic heterocycles. The number of aromatic nitrogens is 2. The SMILES string of the molecule is Cc1c(-c2ccccc2)cccc1-c1cc2cc(CN3CCCCC3)ncn2c1. The van der Waals surface area contributed by atoms with E-state index in [1.54, 1.807) is 0 Å². The number of likely N-dealkylation sites (tertiary alicyclic amines) is 1. The molecule has 0 radical (unpaired) electrons. The second-order valence-corrected chi connectivity index (χ2v) is 8.12. The molecule has 1 aliphatic rings. The fraction of sp³-hybridized carbons (Fsp3) is 0.269. The van der Waals surface area contributed by atoms with Gasteiger partial charge in [0.25, 0.3) is 0 Å². The van der Waals surface area contributed by atoms with E-state index in [2.05, 4.69) is 83.1 Å². The lowest BCUT2D eigenvalue weighted by Crippen LogP contribution is -2.29. The van der Waals surface area contributed by atoms with Crippen LogP contribution in [-0.2, 0) is 6.54 Å². The quantitative estimate of drug-likeness (QED) is 0.434. The predicted molar refractivity (Wildman–Crippen MR) is 120 cm³/mol. The van der Waals surface area contributed by atoms with E-state index in [4.69, 9.17) is 4.98 Å². The van der Waals surface area contributed by atoms with E-state index in [9.17, 15) is 0 Å². The fourth-order valence-corrected chi connectivity index (χ4v) is 4.52. The van der Waals surface area contributed by atoms with Crippen LogP contribution in [0.3, 0.4) is 0 Å². The monoisotopic (exact) mass is 381 g/mol. The number of fused-ring (bicyclic) bond motifs is 1. The summed E-state index contributed by atoms with van der Waals surface area (Å²) in [6.45, 7) is 5.58. The van der Waals surface area contributed by atoms with Gasteiger partial charge in [0, 0.05) is 23.8 Å². The van der Waals surface area contributed by atoms with Crippen molar-refractivity contribution in [1.29, 1.82) is 0 Å². The smallest absolute Gasteiger partial charge is 0.0994 e. The van der Waals surface area contributed by atoms with E-state index in [0.29, 0.717) is 0 Å². The van der Waals surface area contributed by atoms with Crippen LogP contribution in [0.15, 0.2) is 73.2 Å². The molecule has 3 nitrogen and oxygen atoms in total. The van der Waals surface area contributed by atoms with Crippen molar-refractivity contribution in [2.45, 2.75) is 32.7 Å². The number of hydrogen-bond acceptors (Lipinski definition) is 2. The summed E-state index contributed by atoms with van der Waals surface area (Å²) in [5.41, 5.74) is 8.79. The van der Waals surface area contributed by atoms with Crippen molar-refractivity contribution in [2.24, 2.45) is 0 Å². The van der Waals surface area contributed by atoms with E-state index in [-0.39, 0.29) is 0 Å². The molecule has 0 unspecified atom stereocenters. The van der Waals surface area contributed by atoms with Crippen LogP contribution in [0.25, 0.3) is 27.8 Å². The highest BCUT2D eigenvalue weighted by molar-refractivity contribution is 5.80. The Hall–Kier alpha value is -2.91. The van der Waals surface area contributed by atoms with Crippen molar-refractivity contribution in [1.82, 2.24) is 14.3 Å². The van der Waals surface area contributed by atoms with Crippen LogP contribution in [-0.4, -0.2) is 27.4 Å². The van der Waals surface area contributed by atoms with Crippen molar-refractivity contribution >= 4 is 5.52 Å². The van der Waals surface area contributed by atoms with Crippen molar-refractivity contribution in [3.63, 3.8) is 0 Å². The van der Waals surface area contributed by atoms with Crippen LogP contribution in [0, 0.1) is 6.92 Å². The third-order valence-electron chi connectivity index (χ3n) is 6.11. The number of benzene rings is 2. The minimum atomic E-state index is 0.958. The largest absolute Gasteiger partial charge is 0.307 e. The molecule has 0 aliphatic carbocycles. The Morgan fingerprint density at radius 2 is 1.59 bits per heavy atom. The van der Waals surface area contributed by atoms with E-state index in [1.807, 2.05) is 6.33 Å². The summed E-state index contributed by atoms with van der Waals surface area (Å²) in [7, 11) is 0. The summed E-state index contributed by atoms with van der Waals surface area (Å²) in [5, 5.41) is 0. The van der Waals surface area contributed by atoms with Crippen molar-refractivity contribution in [3.05, 3.63) is 84.4 Å². The lowest BCUT2D eigenvalue weighted by molar-refractivity contribution is 0.218. The highest BCUT2D eigenvalue weighted by Crippen LogP contribution is 2.32. The van der Waals surface area contributed by atoms with Gasteiger partial charge < -0.3 is 4.40 Å².